The van der Waals surface area contributed by atoms with Gasteiger partial charge in [0.15, 0.2) is 11.4 Å². The van der Waals surface area contributed by atoms with Crippen molar-refractivity contribution in [2.24, 2.45) is 17.6 Å². The van der Waals surface area contributed by atoms with E-state index in [0.29, 0.717) is 17.1 Å². The highest BCUT2D eigenvalue weighted by Gasteiger charge is 2.64. The van der Waals surface area contributed by atoms with Crippen molar-refractivity contribution in [3.05, 3.63) is 44.7 Å². The van der Waals surface area contributed by atoms with Crippen LogP contribution in [0.25, 0.3) is 5.76 Å². The second-order valence-corrected chi connectivity index (χ2v) is 12.1. The van der Waals surface area contributed by atoms with Crippen molar-refractivity contribution in [2.45, 2.75) is 63.1 Å². The number of carbonyl (C=O) groups is 3. The number of aliphatic hydroxyl groups is 3. The molecule has 4 aliphatic rings. The zero-order chi connectivity index (χ0) is 29.1. The molecule has 1 heterocycles. The van der Waals surface area contributed by atoms with E-state index < -0.39 is 58.0 Å². The molecule has 40 heavy (non-hydrogen) atoms. The molecule has 0 aromatic heterocycles. The van der Waals surface area contributed by atoms with Crippen LogP contribution in [0.3, 0.4) is 0 Å². The molecule has 1 amide bonds. The Labute approximate surface area is 237 Å². The van der Waals surface area contributed by atoms with Crippen molar-refractivity contribution >= 4 is 34.8 Å². The predicted octanol–water partition coefficient (Wildman–Crippen LogP) is 2.38. The van der Waals surface area contributed by atoms with Crippen LogP contribution in [0.5, 0.6) is 5.75 Å². The number of hydrogen-bond donors (Lipinski definition) is 5. The van der Waals surface area contributed by atoms with E-state index in [0.717, 1.165) is 31.5 Å². The molecule has 10 nitrogen and oxygen atoms in total. The highest BCUT2D eigenvalue weighted by Crippen LogP contribution is 2.53. The first-order chi connectivity index (χ1) is 18.9. The number of halogens is 1. The van der Waals surface area contributed by atoms with Crippen LogP contribution in [0.4, 0.5) is 0 Å². The highest BCUT2D eigenvalue weighted by molar-refractivity contribution is 6.32. The molecule has 2 fully saturated rings. The molecule has 216 valence electrons. The number of ketones is 2. The van der Waals surface area contributed by atoms with Gasteiger partial charge < -0.3 is 26.2 Å². The van der Waals surface area contributed by atoms with Gasteiger partial charge >= 0.3 is 0 Å². The Morgan fingerprint density at radius 1 is 1.12 bits per heavy atom. The van der Waals surface area contributed by atoms with Crippen LogP contribution in [0, 0.1) is 11.8 Å². The van der Waals surface area contributed by atoms with Gasteiger partial charge in [-0.2, -0.15) is 0 Å². The molecule has 4 atom stereocenters. The van der Waals surface area contributed by atoms with Gasteiger partial charge in [0, 0.05) is 23.1 Å². The molecular weight excluding hydrogens is 538 g/mol. The molecule has 0 radical (unpaired) electrons. The first-order valence-corrected chi connectivity index (χ1v) is 14.2. The molecule has 1 saturated carbocycles. The van der Waals surface area contributed by atoms with Gasteiger partial charge in [0.1, 0.15) is 22.8 Å². The van der Waals surface area contributed by atoms with Crippen LogP contribution >= 0.6 is 11.6 Å². The molecule has 11 heteroatoms. The van der Waals surface area contributed by atoms with E-state index >= 15 is 0 Å². The molecule has 3 aliphatic carbocycles. The summed E-state index contributed by atoms with van der Waals surface area (Å²) in [5, 5.41) is 45.4. The number of amides is 1. The molecule has 5 rings (SSSR count). The van der Waals surface area contributed by atoms with Crippen molar-refractivity contribution in [2.75, 3.05) is 27.2 Å². The molecule has 1 aliphatic heterocycles. The van der Waals surface area contributed by atoms with Crippen molar-refractivity contribution in [3.63, 3.8) is 0 Å². The number of primary amides is 1. The minimum absolute atomic E-state index is 0.0118. The standard InChI is InChI=1S/C29H36ClN3O7/c1-32(2)23-17-11-14-10-16-20(18(34)12-15(22(16)30)13-33-8-6-4-3-5-7-9-33)24(35)19(14)26(37)29(17,40)27(38)21(25(23)36)28(31)39/h12,14,17,23,34-35,38,40H,3-11,13H2,1-2H3,(H2,31,39)/t14-,17-,23-,29-/m0/s1. The summed E-state index contributed by atoms with van der Waals surface area (Å²) in [5.41, 5.74) is 2.92. The lowest BCUT2D eigenvalue weighted by Crippen LogP contribution is -2.65. The van der Waals surface area contributed by atoms with Gasteiger partial charge in [-0.25, -0.2) is 0 Å². The molecule has 1 saturated heterocycles. The number of nitrogens with zero attached hydrogens (tertiary/aromatic N) is 2. The maximum atomic E-state index is 13.9. The van der Waals surface area contributed by atoms with Gasteiger partial charge in [-0.3, -0.25) is 24.2 Å². The number of Topliss-reactive ketones (excluding diaryl/α,β-unsaturated/α-hetero) is 2. The van der Waals surface area contributed by atoms with E-state index in [9.17, 15) is 34.8 Å². The third-order valence-corrected chi connectivity index (χ3v) is 9.54. The van der Waals surface area contributed by atoms with Gasteiger partial charge in [0.25, 0.3) is 5.91 Å². The van der Waals surface area contributed by atoms with E-state index in [1.165, 1.54) is 30.2 Å². The van der Waals surface area contributed by atoms with Crippen molar-refractivity contribution in [1.29, 1.82) is 0 Å². The fraction of sp³-hybridized carbons (Fsp3) is 0.552. The number of phenolic OH excluding ortho intramolecular Hbond substituents is 1. The summed E-state index contributed by atoms with van der Waals surface area (Å²) < 4.78 is 0. The number of likely N-dealkylation sites (tertiary alicyclic amines) is 1. The Bertz CT molecular complexity index is 1350. The van der Waals surface area contributed by atoms with E-state index in [2.05, 4.69) is 4.90 Å². The van der Waals surface area contributed by atoms with Crippen LogP contribution in [0.2, 0.25) is 5.02 Å². The van der Waals surface area contributed by atoms with Crippen LogP contribution < -0.4 is 5.73 Å². The fourth-order valence-electron chi connectivity index (χ4n) is 7.17. The number of aromatic hydroxyl groups is 1. The number of nitrogens with two attached hydrogens (primary N) is 1. The van der Waals surface area contributed by atoms with Crippen LogP contribution in [0.15, 0.2) is 23.0 Å². The van der Waals surface area contributed by atoms with Crippen LogP contribution in [-0.4, -0.2) is 86.5 Å². The summed E-state index contributed by atoms with van der Waals surface area (Å²) in [4.78, 5) is 43.0. The molecule has 0 bridgehead atoms. The van der Waals surface area contributed by atoms with Gasteiger partial charge in [0.2, 0.25) is 5.78 Å². The third kappa shape index (κ3) is 4.32. The van der Waals surface area contributed by atoms with Crippen molar-refractivity contribution < 1.29 is 34.8 Å². The summed E-state index contributed by atoms with van der Waals surface area (Å²) in [7, 11) is 3.14. The number of phenols is 1. The average molecular weight is 574 g/mol. The molecule has 0 unspecified atom stereocenters. The molecule has 0 spiro atoms. The van der Waals surface area contributed by atoms with Crippen molar-refractivity contribution in [3.8, 4) is 5.75 Å². The lowest BCUT2D eigenvalue weighted by atomic mass is 9.57. The molecular formula is C29H36ClN3O7. The molecule has 1 aromatic carbocycles. The van der Waals surface area contributed by atoms with E-state index in [4.69, 9.17) is 17.3 Å². The number of carbonyl (C=O) groups excluding carboxylic acids is 3. The Balaban J connectivity index is 1.60. The van der Waals surface area contributed by atoms with Gasteiger partial charge in [0.05, 0.1) is 11.6 Å². The quantitative estimate of drug-likeness (QED) is 0.340. The minimum Gasteiger partial charge on any atom is -0.508 e. The fourth-order valence-corrected chi connectivity index (χ4v) is 7.46. The van der Waals surface area contributed by atoms with Gasteiger partial charge in [-0.05, 0) is 76.0 Å². The van der Waals surface area contributed by atoms with Crippen LogP contribution in [0.1, 0.15) is 55.2 Å². The Morgan fingerprint density at radius 3 is 2.35 bits per heavy atom. The topological polar surface area (TPSA) is 165 Å². The molecule has 1 aromatic rings. The van der Waals surface area contributed by atoms with Crippen LogP contribution in [-0.2, 0) is 27.3 Å². The maximum Gasteiger partial charge on any atom is 0.255 e. The van der Waals surface area contributed by atoms with Gasteiger partial charge in [-0.15, -0.1) is 0 Å². The predicted molar refractivity (Wildman–Crippen MR) is 148 cm³/mol. The summed E-state index contributed by atoms with van der Waals surface area (Å²) in [6, 6.07) is 0.381. The Kier molecular flexibility index (Phi) is 7.50. The van der Waals surface area contributed by atoms with E-state index in [1.807, 2.05) is 0 Å². The summed E-state index contributed by atoms with van der Waals surface area (Å²) >= 11 is 6.90. The monoisotopic (exact) mass is 573 g/mol. The largest absolute Gasteiger partial charge is 0.508 e. The highest BCUT2D eigenvalue weighted by atomic mass is 35.5. The van der Waals surface area contributed by atoms with E-state index in [-0.39, 0.29) is 29.7 Å². The van der Waals surface area contributed by atoms with Gasteiger partial charge in [-0.1, -0.05) is 30.9 Å². The minimum atomic E-state index is -2.66. The summed E-state index contributed by atoms with van der Waals surface area (Å²) in [5.74, 6) is -6.73. The second-order valence-electron chi connectivity index (χ2n) is 11.7. The average Bonchev–Trinajstić information content (AvgIpc) is 2.85. The number of likely N-dealkylation sites (N-methyl/N-ethyl adjacent to an activating group) is 1. The number of hydrogen-bond acceptors (Lipinski definition) is 9. The number of benzene rings is 1. The third-order valence-electron chi connectivity index (χ3n) is 9.07. The molecule has 6 N–H and O–H groups in total. The maximum absolute atomic E-state index is 13.9. The Morgan fingerprint density at radius 2 is 1.75 bits per heavy atom. The zero-order valence-corrected chi connectivity index (χ0v) is 23.5. The van der Waals surface area contributed by atoms with E-state index in [1.54, 1.807) is 14.1 Å². The number of rotatable bonds is 4. The zero-order valence-electron chi connectivity index (χ0n) is 22.7. The lowest BCUT2D eigenvalue weighted by Gasteiger charge is -2.50. The Hall–Kier alpha value is -2.92. The first kappa shape index (κ1) is 28.6. The number of aliphatic hydroxyl groups excluding tert-OH is 2. The smallest absolute Gasteiger partial charge is 0.255 e. The van der Waals surface area contributed by atoms with Crippen molar-refractivity contribution in [1.82, 2.24) is 9.80 Å². The number of fused-ring (bicyclic) bond motifs is 3. The SMILES string of the molecule is CN(C)[C@@H]1C(=O)C(C(N)=O)=C(O)[C@@]2(O)C(=O)C3=C(O)c4c(O)cc(CN5CCCCCCC5)c(Cl)c4C[C@H]3C[C@@H]12. The second kappa shape index (κ2) is 10.5. The first-order valence-electron chi connectivity index (χ1n) is 13.8. The summed E-state index contributed by atoms with van der Waals surface area (Å²) in [6.45, 7) is 2.38. The summed E-state index contributed by atoms with van der Waals surface area (Å²) in [6.07, 6.45) is 5.95. The lowest BCUT2D eigenvalue weighted by molar-refractivity contribution is -0.153. The normalized spacial score (nSPS) is 29.6.